The van der Waals surface area contributed by atoms with Crippen molar-refractivity contribution in [1.82, 2.24) is 14.5 Å². The maximum Gasteiger partial charge on any atom is 0.261 e. The molecule has 1 aromatic heterocycles. The average Bonchev–Trinajstić information content (AvgIpc) is 3.28. The van der Waals surface area contributed by atoms with Crippen molar-refractivity contribution in [3.63, 3.8) is 0 Å². The molecule has 1 aliphatic heterocycles. The van der Waals surface area contributed by atoms with Crippen LogP contribution in [0.1, 0.15) is 18.7 Å². The number of imidazole rings is 1. The lowest BCUT2D eigenvalue weighted by atomic mass is 10.3. The van der Waals surface area contributed by atoms with Gasteiger partial charge in [0.1, 0.15) is 5.82 Å². The minimum Gasteiger partial charge on any atom is -0.331 e. The van der Waals surface area contributed by atoms with Crippen molar-refractivity contribution in [1.29, 1.82) is 0 Å². The van der Waals surface area contributed by atoms with Gasteiger partial charge in [0, 0.05) is 25.0 Å². The Bertz CT molecular complexity index is 1090. The summed E-state index contributed by atoms with van der Waals surface area (Å²) < 4.78 is 29.9. The van der Waals surface area contributed by atoms with E-state index in [4.69, 9.17) is 16.6 Å². The van der Waals surface area contributed by atoms with Crippen molar-refractivity contribution >= 4 is 38.3 Å². The SMILES string of the molecule is Cn1c(CCN2CCCC2)nc2cc(NS(=O)(=O)c3ccc(Cl)cc3)ccc21. The van der Waals surface area contributed by atoms with E-state index in [-0.39, 0.29) is 4.90 Å². The molecule has 8 heteroatoms. The summed E-state index contributed by atoms with van der Waals surface area (Å²) >= 11 is 5.84. The van der Waals surface area contributed by atoms with Crippen molar-refractivity contribution in [3.8, 4) is 0 Å². The molecular formula is C20H23ClN4O2S. The Balaban J connectivity index is 1.54. The first-order valence-corrected chi connectivity index (χ1v) is 11.2. The first-order valence-electron chi connectivity index (χ1n) is 9.38. The molecule has 1 aliphatic rings. The van der Waals surface area contributed by atoms with E-state index in [1.54, 1.807) is 24.3 Å². The van der Waals surface area contributed by atoms with Crippen molar-refractivity contribution in [3.05, 3.63) is 53.3 Å². The van der Waals surface area contributed by atoms with Crippen LogP contribution in [0, 0.1) is 0 Å². The highest BCUT2D eigenvalue weighted by atomic mass is 35.5. The number of hydrogen-bond acceptors (Lipinski definition) is 4. The maximum absolute atomic E-state index is 12.6. The molecule has 2 aromatic carbocycles. The van der Waals surface area contributed by atoms with Gasteiger partial charge in [-0.2, -0.15) is 0 Å². The Hall–Kier alpha value is -2.09. The number of aryl methyl sites for hydroxylation is 1. The van der Waals surface area contributed by atoms with Gasteiger partial charge in [0.05, 0.1) is 21.6 Å². The minimum atomic E-state index is -3.67. The first-order chi connectivity index (χ1) is 13.4. The van der Waals surface area contributed by atoms with Gasteiger partial charge in [-0.1, -0.05) is 11.6 Å². The smallest absolute Gasteiger partial charge is 0.261 e. The summed E-state index contributed by atoms with van der Waals surface area (Å²) in [5.41, 5.74) is 2.27. The normalized spacial score (nSPS) is 15.4. The van der Waals surface area contributed by atoms with Gasteiger partial charge in [-0.25, -0.2) is 13.4 Å². The zero-order valence-electron chi connectivity index (χ0n) is 15.7. The molecule has 0 atom stereocenters. The highest BCUT2D eigenvalue weighted by Crippen LogP contribution is 2.23. The van der Waals surface area contributed by atoms with Crippen LogP contribution in [0.4, 0.5) is 5.69 Å². The number of nitrogens with zero attached hydrogens (tertiary/aromatic N) is 3. The van der Waals surface area contributed by atoms with Gasteiger partial charge in [0.15, 0.2) is 0 Å². The lowest BCUT2D eigenvalue weighted by Gasteiger charge is -2.13. The van der Waals surface area contributed by atoms with E-state index >= 15 is 0 Å². The molecule has 0 bridgehead atoms. The molecule has 148 valence electrons. The summed E-state index contributed by atoms with van der Waals surface area (Å²) in [7, 11) is -1.67. The molecule has 6 nitrogen and oxygen atoms in total. The second-order valence-corrected chi connectivity index (χ2v) is 9.27. The van der Waals surface area contributed by atoms with Gasteiger partial charge in [0.25, 0.3) is 10.0 Å². The molecule has 4 rings (SSSR count). The highest BCUT2D eigenvalue weighted by molar-refractivity contribution is 7.92. The van der Waals surface area contributed by atoms with Crippen LogP contribution in [0.3, 0.4) is 0 Å². The largest absolute Gasteiger partial charge is 0.331 e. The standard InChI is InChI=1S/C20H23ClN4O2S/c1-24-19-9-6-16(23-28(26,27)17-7-4-15(21)5-8-17)14-18(19)22-20(24)10-13-25-11-2-3-12-25/h4-9,14,23H,2-3,10-13H2,1H3. The number of nitrogens with one attached hydrogen (secondary N) is 1. The summed E-state index contributed by atoms with van der Waals surface area (Å²) in [6.07, 6.45) is 3.44. The number of rotatable bonds is 6. The van der Waals surface area contributed by atoms with Crippen LogP contribution >= 0.6 is 11.6 Å². The number of aromatic nitrogens is 2. The number of likely N-dealkylation sites (tertiary alicyclic amines) is 1. The third-order valence-electron chi connectivity index (χ3n) is 5.20. The third-order valence-corrected chi connectivity index (χ3v) is 6.85. The van der Waals surface area contributed by atoms with Crippen molar-refractivity contribution in [2.75, 3.05) is 24.4 Å². The summed E-state index contributed by atoms with van der Waals surface area (Å²) in [6.45, 7) is 3.34. The lowest BCUT2D eigenvalue weighted by Crippen LogP contribution is -2.22. The molecule has 0 aliphatic carbocycles. The van der Waals surface area contributed by atoms with Crippen LogP contribution in [0.15, 0.2) is 47.4 Å². The second kappa shape index (κ2) is 7.73. The Morgan fingerprint density at radius 2 is 1.82 bits per heavy atom. The van der Waals surface area contributed by atoms with Crippen molar-refractivity contribution in [2.45, 2.75) is 24.2 Å². The number of benzene rings is 2. The number of fused-ring (bicyclic) bond motifs is 1. The van der Waals surface area contributed by atoms with E-state index in [1.165, 1.54) is 38.1 Å². The number of anilines is 1. The van der Waals surface area contributed by atoms with Gasteiger partial charge in [-0.15, -0.1) is 0 Å². The van der Waals surface area contributed by atoms with E-state index in [0.29, 0.717) is 10.7 Å². The van der Waals surface area contributed by atoms with Gasteiger partial charge in [0.2, 0.25) is 0 Å². The van der Waals surface area contributed by atoms with Gasteiger partial charge in [-0.3, -0.25) is 4.72 Å². The zero-order chi connectivity index (χ0) is 19.7. The van der Waals surface area contributed by atoms with Crippen LogP contribution in [0.25, 0.3) is 11.0 Å². The van der Waals surface area contributed by atoms with E-state index in [0.717, 1.165) is 29.8 Å². The van der Waals surface area contributed by atoms with Crippen LogP contribution in [-0.2, 0) is 23.5 Å². The van der Waals surface area contributed by atoms with Crippen LogP contribution in [0.2, 0.25) is 5.02 Å². The maximum atomic E-state index is 12.6. The van der Waals surface area contributed by atoms with Crippen molar-refractivity contribution in [2.24, 2.45) is 7.05 Å². The molecule has 0 amide bonds. The summed E-state index contributed by atoms with van der Waals surface area (Å²) in [5, 5.41) is 0.496. The fraction of sp³-hybridized carbons (Fsp3) is 0.350. The summed E-state index contributed by atoms with van der Waals surface area (Å²) in [4.78, 5) is 7.37. The molecule has 2 heterocycles. The summed E-state index contributed by atoms with van der Waals surface area (Å²) in [6, 6.07) is 11.5. The second-order valence-electron chi connectivity index (χ2n) is 7.15. The molecule has 0 radical (unpaired) electrons. The third kappa shape index (κ3) is 4.01. The summed E-state index contributed by atoms with van der Waals surface area (Å²) in [5.74, 6) is 1.01. The Labute approximate surface area is 170 Å². The molecule has 1 saturated heterocycles. The quantitative estimate of drug-likeness (QED) is 0.663. The molecule has 0 spiro atoms. The molecule has 3 aromatic rings. The zero-order valence-corrected chi connectivity index (χ0v) is 17.3. The average molecular weight is 419 g/mol. The molecule has 0 saturated carbocycles. The van der Waals surface area contributed by atoms with E-state index < -0.39 is 10.0 Å². The van der Waals surface area contributed by atoms with E-state index in [2.05, 4.69) is 14.2 Å². The van der Waals surface area contributed by atoms with Gasteiger partial charge in [-0.05, 0) is 68.4 Å². The van der Waals surface area contributed by atoms with Crippen LogP contribution in [-0.4, -0.2) is 42.5 Å². The monoisotopic (exact) mass is 418 g/mol. The van der Waals surface area contributed by atoms with E-state index in [9.17, 15) is 8.42 Å². The van der Waals surface area contributed by atoms with Crippen molar-refractivity contribution < 1.29 is 8.42 Å². The topological polar surface area (TPSA) is 67.2 Å². The van der Waals surface area contributed by atoms with E-state index in [1.807, 2.05) is 13.1 Å². The first kappa shape index (κ1) is 19.2. The lowest BCUT2D eigenvalue weighted by molar-refractivity contribution is 0.340. The Kier molecular flexibility index (Phi) is 5.31. The number of hydrogen-bond donors (Lipinski definition) is 1. The van der Waals surface area contributed by atoms with Gasteiger partial charge < -0.3 is 9.47 Å². The molecular weight excluding hydrogens is 396 g/mol. The fourth-order valence-corrected chi connectivity index (χ4v) is 4.80. The predicted molar refractivity (Wildman–Crippen MR) is 112 cm³/mol. The molecule has 28 heavy (non-hydrogen) atoms. The Morgan fingerprint density at radius 1 is 1.11 bits per heavy atom. The minimum absolute atomic E-state index is 0.171. The highest BCUT2D eigenvalue weighted by Gasteiger charge is 2.16. The molecule has 1 N–H and O–H groups in total. The van der Waals surface area contributed by atoms with Crippen LogP contribution in [0.5, 0.6) is 0 Å². The van der Waals surface area contributed by atoms with Crippen LogP contribution < -0.4 is 4.72 Å². The van der Waals surface area contributed by atoms with Gasteiger partial charge >= 0.3 is 0 Å². The number of sulfonamides is 1. The number of halogens is 1. The predicted octanol–water partition coefficient (Wildman–Crippen LogP) is 3.67. The molecule has 0 unspecified atom stereocenters. The Morgan fingerprint density at radius 3 is 2.54 bits per heavy atom. The fourth-order valence-electron chi connectivity index (χ4n) is 3.63. The molecule has 1 fully saturated rings.